The zero-order valence-corrected chi connectivity index (χ0v) is 12.4. The van der Waals surface area contributed by atoms with Crippen LogP contribution >= 0.6 is 0 Å². The average molecular weight is 305 g/mol. The summed E-state index contributed by atoms with van der Waals surface area (Å²) in [6, 6.07) is 6.86. The minimum Gasteiger partial charge on any atom is -0.491 e. The molecule has 0 aliphatic carbocycles. The number of aliphatic hydroxyl groups is 1. The van der Waals surface area contributed by atoms with E-state index in [-0.39, 0.29) is 19.0 Å². The lowest BCUT2D eigenvalue weighted by molar-refractivity contribution is 0.0129. The number of ether oxygens (including phenoxy) is 2. The number of carbonyl (C=O) groups is 1. The Hall–Kier alpha value is -2.25. The van der Waals surface area contributed by atoms with E-state index in [4.69, 9.17) is 9.47 Å². The van der Waals surface area contributed by atoms with Crippen molar-refractivity contribution in [2.24, 2.45) is 0 Å². The summed E-state index contributed by atoms with van der Waals surface area (Å²) in [5, 5.41) is 19.9. The lowest BCUT2D eigenvalue weighted by atomic mass is 10.1. The normalized spacial score (nSPS) is 12.1. The van der Waals surface area contributed by atoms with Crippen LogP contribution in [0.15, 0.2) is 30.5 Å². The third kappa shape index (κ3) is 5.27. The van der Waals surface area contributed by atoms with E-state index in [9.17, 15) is 9.90 Å². The van der Waals surface area contributed by atoms with Gasteiger partial charge in [0.05, 0.1) is 25.1 Å². The first kappa shape index (κ1) is 16.1. The summed E-state index contributed by atoms with van der Waals surface area (Å²) in [6.45, 7) is 2.22. The summed E-state index contributed by atoms with van der Waals surface area (Å²) in [7, 11) is 0. The third-order valence-electron chi connectivity index (χ3n) is 2.96. The number of hydrogen-bond acceptors (Lipinski definition) is 6. The van der Waals surface area contributed by atoms with Crippen LogP contribution in [0.5, 0.6) is 5.75 Å². The second-order valence-electron chi connectivity index (χ2n) is 4.84. The predicted molar refractivity (Wildman–Crippen MR) is 78.9 cm³/mol. The maximum absolute atomic E-state index is 11.3. The van der Waals surface area contributed by atoms with Gasteiger partial charge in [-0.05, 0) is 19.1 Å². The Morgan fingerprint density at radius 2 is 2.27 bits per heavy atom. The summed E-state index contributed by atoms with van der Waals surface area (Å²) < 4.78 is 10.8. The highest BCUT2D eigenvalue weighted by atomic mass is 16.5. The van der Waals surface area contributed by atoms with Crippen molar-refractivity contribution in [2.45, 2.75) is 19.4 Å². The molecular weight excluding hydrogens is 286 g/mol. The molecule has 1 aromatic carbocycles. The molecule has 2 N–H and O–H groups in total. The Morgan fingerprint density at radius 3 is 3.00 bits per heavy atom. The van der Waals surface area contributed by atoms with Gasteiger partial charge in [-0.15, -0.1) is 0 Å². The number of aromatic nitrogens is 3. The number of carbonyl (C=O) groups excluding carboxylic acids is 1. The van der Waals surface area contributed by atoms with Crippen LogP contribution in [0.25, 0.3) is 0 Å². The fourth-order valence-electron chi connectivity index (χ4n) is 1.79. The first-order valence-electron chi connectivity index (χ1n) is 6.99. The Kier molecular flexibility index (Phi) is 6.05. The van der Waals surface area contributed by atoms with E-state index < -0.39 is 6.10 Å². The molecule has 1 aromatic heterocycles. The number of rotatable bonds is 9. The fourth-order valence-corrected chi connectivity index (χ4v) is 1.79. The van der Waals surface area contributed by atoms with Crippen molar-refractivity contribution in [3.8, 4) is 5.75 Å². The molecule has 0 aliphatic rings. The van der Waals surface area contributed by atoms with Crippen molar-refractivity contribution in [1.29, 1.82) is 0 Å². The molecule has 22 heavy (non-hydrogen) atoms. The molecule has 0 saturated heterocycles. The van der Waals surface area contributed by atoms with Crippen molar-refractivity contribution >= 4 is 5.78 Å². The summed E-state index contributed by atoms with van der Waals surface area (Å²) in [5.74, 6) is 0.525. The Labute approximate surface area is 128 Å². The fraction of sp³-hybridized carbons (Fsp3) is 0.400. The van der Waals surface area contributed by atoms with Crippen molar-refractivity contribution < 1.29 is 19.4 Å². The number of hydrogen-bond donors (Lipinski definition) is 2. The van der Waals surface area contributed by atoms with Crippen LogP contribution in [0.2, 0.25) is 0 Å². The molecule has 0 fully saturated rings. The van der Waals surface area contributed by atoms with E-state index in [1.807, 2.05) is 0 Å². The third-order valence-corrected chi connectivity index (χ3v) is 2.96. The maximum Gasteiger partial charge on any atom is 0.159 e. The zero-order valence-electron chi connectivity index (χ0n) is 12.4. The molecule has 7 nitrogen and oxygen atoms in total. The van der Waals surface area contributed by atoms with E-state index >= 15 is 0 Å². The molecule has 0 aliphatic heterocycles. The number of H-pyrrole nitrogens is 1. The quantitative estimate of drug-likeness (QED) is 0.530. The lowest BCUT2D eigenvalue weighted by Gasteiger charge is -2.13. The van der Waals surface area contributed by atoms with Gasteiger partial charge in [0.15, 0.2) is 5.78 Å². The molecule has 1 unspecified atom stereocenters. The Balaban J connectivity index is 1.65. The molecule has 0 saturated carbocycles. The van der Waals surface area contributed by atoms with Gasteiger partial charge in [-0.2, -0.15) is 15.4 Å². The monoisotopic (exact) mass is 305 g/mol. The van der Waals surface area contributed by atoms with Crippen molar-refractivity contribution in [3.63, 3.8) is 0 Å². The van der Waals surface area contributed by atoms with Gasteiger partial charge in [-0.25, -0.2) is 0 Å². The van der Waals surface area contributed by atoms with E-state index in [0.29, 0.717) is 24.3 Å². The Morgan fingerprint density at radius 1 is 1.41 bits per heavy atom. The van der Waals surface area contributed by atoms with Crippen molar-refractivity contribution in [1.82, 2.24) is 15.4 Å². The van der Waals surface area contributed by atoms with Crippen LogP contribution in [-0.2, 0) is 11.2 Å². The molecular formula is C15H19N3O4. The number of nitrogens with zero attached hydrogens (tertiary/aromatic N) is 2. The minimum atomic E-state index is -0.738. The van der Waals surface area contributed by atoms with Crippen LogP contribution in [0.4, 0.5) is 0 Å². The van der Waals surface area contributed by atoms with Gasteiger partial charge in [0.1, 0.15) is 18.5 Å². The Bertz CT molecular complexity index is 586. The highest BCUT2D eigenvalue weighted by molar-refractivity contribution is 5.94. The maximum atomic E-state index is 11.3. The van der Waals surface area contributed by atoms with Crippen molar-refractivity contribution in [3.05, 3.63) is 41.7 Å². The number of benzene rings is 1. The minimum absolute atomic E-state index is 0.0258. The molecule has 1 heterocycles. The lowest BCUT2D eigenvalue weighted by Crippen LogP contribution is -2.24. The molecule has 0 spiro atoms. The molecule has 0 amide bonds. The van der Waals surface area contributed by atoms with Crippen LogP contribution in [0.1, 0.15) is 23.0 Å². The summed E-state index contributed by atoms with van der Waals surface area (Å²) >= 11 is 0. The SMILES string of the molecule is CC(=O)c1cccc(OCC(O)COCCc2cn[nH]n2)c1. The number of ketones is 1. The smallest absolute Gasteiger partial charge is 0.159 e. The standard InChI is InChI=1S/C15H19N3O4/c1-11(19)12-3-2-4-15(7-12)22-10-14(20)9-21-6-5-13-8-16-18-17-13/h2-4,7-8,14,20H,5-6,9-10H2,1H3,(H,16,17,18). The second kappa shape index (κ2) is 8.26. The van der Waals surface area contributed by atoms with Gasteiger partial charge in [-0.1, -0.05) is 12.1 Å². The van der Waals surface area contributed by atoms with Crippen LogP contribution in [-0.4, -0.2) is 52.2 Å². The van der Waals surface area contributed by atoms with Gasteiger partial charge in [-0.3, -0.25) is 4.79 Å². The van der Waals surface area contributed by atoms with Gasteiger partial charge in [0.2, 0.25) is 0 Å². The summed E-state index contributed by atoms with van der Waals surface area (Å²) in [4.78, 5) is 11.3. The summed E-state index contributed by atoms with van der Waals surface area (Å²) in [6.07, 6.45) is 1.52. The van der Waals surface area contributed by atoms with E-state index in [1.165, 1.54) is 6.92 Å². The van der Waals surface area contributed by atoms with Crippen LogP contribution in [0, 0.1) is 0 Å². The first-order valence-corrected chi connectivity index (χ1v) is 6.99. The highest BCUT2D eigenvalue weighted by Crippen LogP contribution is 2.14. The number of nitrogens with one attached hydrogen (secondary N) is 1. The van der Waals surface area contributed by atoms with E-state index in [1.54, 1.807) is 30.5 Å². The van der Waals surface area contributed by atoms with Gasteiger partial charge < -0.3 is 14.6 Å². The largest absolute Gasteiger partial charge is 0.491 e. The number of Topliss-reactive ketones (excluding diaryl/α,β-unsaturated/α-hetero) is 1. The van der Waals surface area contributed by atoms with Gasteiger partial charge >= 0.3 is 0 Å². The molecule has 0 radical (unpaired) electrons. The molecule has 0 bridgehead atoms. The molecule has 118 valence electrons. The first-order chi connectivity index (χ1) is 10.6. The van der Waals surface area contributed by atoms with E-state index in [2.05, 4.69) is 15.4 Å². The second-order valence-corrected chi connectivity index (χ2v) is 4.84. The molecule has 1 atom stereocenters. The highest BCUT2D eigenvalue weighted by Gasteiger charge is 2.07. The molecule has 7 heteroatoms. The topological polar surface area (TPSA) is 97.3 Å². The summed E-state index contributed by atoms with van der Waals surface area (Å²) in [5.41, 5.74) is 1.39. The molecule has 2 aromatic rings. The van der Waals surface area contributed by atoms with E-state index in [0.717, 1.165) is 5.69 Å². The predicted octanol–water partition coefficient (Wildman–Crippen LogP) is 1.01. The average Bonchev–Trinajstić information content (AvgIpc) is 3.03. The van der Waals surface area contributed by atoms with Gasteiger partial charge in [0, 0.05) is 12.0 Å². The number of aromatic amines is 1. The van der Waals surface area contributed by atoms with Crippen LogP contribution < -0.4 is 4.74 Å². The van der Waals surface area contributed by atoms with Crippen molar-refractivity contribution in [2.75, 3.05) is 19.8 Å². The molecule has 2 rings (SSSR count). The zero-order chi connectivity index (χ0) is 15.8. The number of aliphatic hydroxyl groups excluding tert-OH is 1. The van der Waals surface area contributed by atoms with Crippen LogP contribution in [0.3, 0.4) is 0 Å². The van der Waals surface area contributed by atoms with Gasteiger partial charge in [0.25, 0.3) is 0 Å².